The van der Waals surface area contributed by atoms with E-state index < -0.39 is 0 Å². The Morgan fingerprint density at radius 1 is 0.839 bits per heavy atom. The molecule has 1 aromatic carbocycles. The SMILES string of the molecule is O=C(CCCN1C(=O)c2ccccc2C1=O)N1CCCN(C(=O)Cc2cccs2)CC1. The molecule has 2 aliphatic rings. The van der Waals surface area contributed by atoms with Crippen molar-refractivity contribution in [2.24, 2.45) is 0 Å². The molecule has 0 atom stereocenters. The first-order valence-corrected chi connectivity index (χ1v) is 11.5. The number of carbonyl (C=O) groups excluding carboxylic acids is 4. The molecule has 1 aromatic heterocycles. The highest BCUT2D eigenvalue weighted by molar-refractivity contribution is 7.10. The van der Waals surface area contributed by atoms with Crippen LogP contribution in [-0.4, -0.2) is 71.1 Å². The van der Waals surface area contributed by atoms with Crippen molar-refractivity contribution < 1.29 is 19.2 Å². The number of hydrogen-bond donors (Lipinski definition) is 0. The van der Waals surface area contributed by atoms with E-state index in [1.54, 1.807) is 40.5 Å². The van der Waals surface area contributed by atoms with Gasteiger partial charge in [-0.05, 0) is 36.4 Å². The quantitative estimate of drug-likeness (QED) is 0.648. The van der Waals surface area contributed by atoms with Crippen molar-refractivity contribution in [2.75, 3.05) is 32.7 Å². The molecular weight excluding hydrogens is 414 g/mol. The summed E-state index contributed by atoms with van der Waals surface area (Å²) in [5.74, 6) is -0.475. The van der Waals surface area contributed by atoms with Gasteiger partial charge >= 0.3 is 0 Å². The van der Waals surface area contributed by atoms with Crippen LogP contribution in [0.4, 0.5) is 0 Å². The molecule has 3 heterocycles. The van der Waals surface area contributed by atoms with E-state index in [0.717, 1.165) is 11.3 Å². The van der Waals surface area contributed by atoms with Crippen molar-refractivity contribution >= 4 is 35.0 Å². The number of amides is 4. The number of benzene rings is 1. The first-order valence-electron chi connectivity index (χ1n) is 10.6. The number of hydrogen-bond acceptors (Lipinski definition) is 5. The Labute approximate surface area is 185 Å². The van der Waals surface area contributed by atoms with Crippen molar-refractivity contribution in [3.8, 4) is 0 Å². The van der Waals surface area contributed by atoms with Gasteiger partial charge in [-0.3, -0.25) is 24.1 Å². The Kier molecular flexibility index (Phi) is 6.46. The average Bonchev–Trinajstić information content (AvgIpc) is 3.26. The van der Waals surface area contributed by atoms with E-state index in [1.807, 2.05) is 22.4 Å². The molecule has 0 saturated carbocycles. The van der Waals surface area contributed by atoms with Crippen LogP contribution in [-0.2, 0) is 16.0 Å². The predicted octanol–water partition coefficient (Wildman–Crippen LogP) is 2.43. The summed E-state index contributed by atoms with van der Waals surface area (Å²) < 4.78 is 0. The molecule has 0 radical (unpaired) electrons. The minimum atomic E-state index is -0.289. The third kappa shape index (κ3) is 4.69. The smallest absolute Gasteiger partial charge is 0.261 e. The number of rotatable bonds is 6. The molecule has 1 fully saturated rings. The van der Waals surface area contributed by atoms with Crippen LogP contribution < -0.4 is 0 Å². The largest absolute Gasteiger partial charge is 0.341 e. The van der Waals surface area contributed by atoms with Gasteiger partial charge in [-0.15, -0.1) is 11.3 Å². The Bertz CT molecular complexity index is 953. The van der Waals surface area contributed by atoms with Gasteiger partial charge in [0, 0.05) is 44.0 Å². The fourth-order valence-electron chi connectivity index (χ4n) is 4.08. The van der Waals surface area contributed by atoms with E-state index in [9.17, 15) is 19.2 Å². The lowest BCUT2D eigenvalue weighted by Crippen LogP contribution is -2.38. The fraction of sp³-hybridized carbons (Fsp3) is 0.391. The zero-order chi connectivity index (χ0) is 21.8. The number of imide groups is 1. The molecule has 0 N–H and O–H groups in total. The maximum absolute atomic E-state index is 12.7. The van der Waals surface area contributed by atoms with E-state index in [-0.39, 0.29) is 36.6 Å². The van der Waals surface area contributed by atoms with Gasteiger partial charge in [0.05, 0.1) is 17.5 Å². The fourth-order valence-corrected chi connectivity index (χ4v) is 4.77. The molecule has 31 heavy (non-hydrogen) atoms. The van der Waals surface area contributed by atoms with E-state index in [0.29, 0.717) is 50.1 Å². The lowest BCUT2D eigenvalue weighted by atomic mass is 10.1. The Hall–Kier alpha value is -3.00. The van der Waals surface area contributed by atoms with Crippen LogP contribution >= 0.6 is 11.3 Å². The highest BCUT2D eigenvalue weighted by atomic mass is 32.1. The van der Waals surface area contributed by atoms with Crippen molar-refractivity contribution in [3.63, 3.8) is 0 Å². The summed E-state index contributed by atoms with van der Waals surface area (Å²) in [4.78, 5) is 55.9. The summed E-state index contributed by atoms with van der Waals surface area (Å²) in [5, 5.41) is 1.97. The van der Waals surface area contributed by atoms with Gasteiger partial charge in [-0.1, -0.05) is 18.2 Å². The first-order chi connectivity index (χ1) is 15.0. The molecule has 1 saturated heterocycles. The second-order valence-electron chi connectivity index (χ2n) is 7.78. The Morgan fingerprint density at radius 3 is 2.10 bits per heavy atom. The van der Waals surface area contributed by atoms with E-state index in [1.165, 1.54) is 4.90 Å². The number of fused-ring (bicyclic) bond motifs is 1. The van der Waals surface area contributed by atoms with Crippen LogP contribution in [0.25, 0.3) is 0 Å². The number of thiophene rings is 1. The Balaban J connectivity index is 1.24. The monoisotopic (exact) mass is 439 g/mol. The van der Waals surface area contributed by atoms with Crippen LogP contribution in [0.2, 0.25) is 0 Å². The molecule has 4 rings (SSSR count). The highest BCUT2D eigenvalue weighted by Crippen LogP contribution is 2.22. The summed E-state index contributed by atoms with van der Waals surface area (Å²) >= 11 is 1.58. The van der Waals surface area contributed by atoms with Gasteiger partial charge in [0.15, 0.2) is 0 Å². The van der Waals surface area contributed by atoms with Crippen molar-refractivity contribution in [3.05, 3.63) is 57.8 Å². The van der Waals surface area contributed by atoms with E-state index in [4.69, 9.17) is 0 Å². The summed E-state index contributed by atoms with van der Waals surface area (Å²) in [7, 11) is 0. The second kappa shape index (κ2) is 9.43. The zero-order valence-electron chi connectivity index (χ0n) is 17.3. The van der Waals surface area contributed by atoms with Crippen LogP contribution in [0.15, 0.2) is 41.8 Å². The Morgan fingerprint density at radius 2 is 1.48 bits per heavy atom. The third-order valence-electron chi connectivity index (χ3n) is 5.76. The maximum Gasteiger partial charge on any atom is 0.261 e. The number of carbonyl (C=O) groups is 4. The van der Waals surface area contributed by atoms with Gasteiger partial charge < -0.3 is 9.80 Å². The van der Waals surface area contributed by atoms with E-state index >= 15 is 0 Å². The second-order valence-corrected chi connectivity index (χ2v) is 8.81. The lowest BCUT2D eigenvalue weighted by molar-refractivity contribution is -0.133. The van der Waals surface area contributed by atoms with Gasteiger partial charge in [0.1, 0.15) is 0 Å². The van der Waals surface area contributed by atoms with Gasteiger partial charge in [0.25, 0.3) is 11.8 Å². The van der Waals surface area contributed by atoms with Crippen LogP contribution in [0, 0.1) is 0 Å². The summed E-state index contributed by atoms with van der Waals surface area (Å²) in [6, 6.07) is 10.7. The minimum absolute atomic E-state index is 0.00386. The minimum Gasteiger partial charge on any atom is -0.341 e. The van der Waals surface area contributed by atoms with Gasteiger partial charge in [0.2, 0.25) is 11.8 Å². The molecule has 0 unspecified atom stereocenters. The van der Waals surface area contributed by atoms with Crippen LogP contribution in [0.5, 0.6) is 0 Å². The topological polar surface area (TPSA) is 78.0 Å². The molecule has 162 valence electrons. The standard InChI is InChI=1S/C23H25N3O4S/c27-20(9-3-12-26-22(29)18-7-1-2-8-19(18)23(26)30)24-10-5-11-25(14-13-24)21(28)16-17-6-4-15-31-17/h1-2,4,6-8,15H,3,5,9-14,16H2. The third-order valence-corrected chi connectivity index (χ3v) is 6.63. The van der Waals surface area contributed by atoms with E-state index in [2.05, 4.69) is 0 Å². The summed E-state index contributed by atoms with van der Waals surface area (Å²) in [6.07, 6.45) is 1.87. The molecule has 0 spiro atoms. The lowest BCUT2D eigenvalue weighted by Gasteiger charge is -2.22. The molecule has 0 aliphatic carbocycles. The maximum atomic E-state index is 12.7. The van der Waals surface area contributed by atoms with Crippen LogP contribution in [0.1, 0.15) is 44.9 Å². The van der Waals surface area contributed by atoms with Gasteiger partial charge in [-0.25, -0.2) is 0 Å². The van der Waals surface area contributed by atoms with Gasteiger partial charge in [-0.2, -0.15) is 0 Å². The molecule has 2 aliphatic heterocycles. The summed E-state index contributed by atoms with van der Waals surface area (Å²) in [5.41, 5.74) is 0.859. The predicted molar refractivity (Wildman–Crippen MR) is 117 cm³/mol. The summed E-state index contributed by atoms with van der Waals surface area (Å²) in [6.45, 7) is 2.56. The molecule has 8 heteroatoms. The van der Waals surface area contributed by atoms with Crippen molar-refractivity contribution in [1.29, 1.82) is 0 Å². The molecule has 2 aromatic rings. The normalized spacial score (nSPS) is 16.5. The highest BCUT2D eigenvalue weighted by Gasteiger charge is 2.34. The average molecular weight is 440 g/mol. The van der Waals surface area contributed by atoms with Crippen molar-refractivity contribution in [1.82, 2.24) is 14.7 Å². The first kappa shape index (κ1) is 21.2. The molecule has 4 amide bonds. The van der Waals surface area contributed by atoms with Crippen LogP contribution in [0.3, 0.4) is 0 Å². The molecule has 7 nitrogen and oxygen atoms in total. The molecule has 0 bridgehead atoms. The molecular formula is C23H25N3O4S. The van der Waals surface area contributed by atoms with Crippen molar-refractivity contribution in [2.45, 2.75) is 25.7 Å². The number of nitrogens with zero attached hydrogens (tertiary/aromatic N) is 3. The zero-order valence-corrected chi connectivity index (χ0v) is 18.1.